The van der Waals surface area contributed by atoms with E-state index in [1.165, 1.54) is 12.1 Å². The van der Waals surface area contributed by atoms with Crippen molar-refractivity contribution < 1.29 is 38.5 Å². The van der Waals surface area contributed by atoms with Crippen molar-refractivity contribution in [2.24, 2.45) is 11.7 Å². The molecule has 0 heterocycles. The second kappa shape index (κ2) is 13.7. The lowest BCUT2D eigenvalue weighted by atomic mass is 9.86. The van der Waals surface area contributed by atoms with Crippen LogP contribution in [-0.4, -0.2) is 40.6 Å². The molecule has 0 aliphatic heterocycles. The normalized spacial score (nSPS) is 14.4. The molecule has 0 saturated carbocycles. The van der Waals surface area contributed by atoms with Gasteiger partial charge in [-0.3, -0.25) is 19.2 Å². The van der Waals surface area contributed by atoms with Gasteiger partial charge in [0.05, 0.1) is 5.92 Å². The van der Waals surface area contributed by atoms with E-state index >= 15 is 0 Å². The fourth-order valence-corrected chi connectivity index (χ4v) is 3.22. The number of aliphatic carboxylic acids is 1. The first-order valence-electron chi connectivity index (χ1n) is 11.7. The van der Waals surface area contributed by atoms with Gasteiger partial charge in [-0.1, -0.05) is 33.8 Å². The Morgan fingerprint density at radius 1 is 0.971 bits per heavy atom. The van der Waals surface area contributed by atoms with E-state index in [2.05, 4.69) is 0 Å². The molecule has 0 bridgehead atoms. The summed E-state index contributed by atoms with van der Waals surface area (Å²) in [7, 11) is 0. The standard InChI is InChI=1S/C25H37NO8/c1-6-9-21(27)33-19-12-11-18(13-20(19)34-22(28)10-7-2)15-25(26,24(30)31)14-17(5)32-23(29)16(4)8-3/h11-13,16-17H,6-10,14-15,26H2,1-5H3,(H,30,31)/t16?,17-,25?/m0/s1. The molecule has 0 fully saturated rings. The number of benzene rings is 1. The van der Waals surface area contributed by atoms with Gasteiger partial charge in [0.2, 0.25) is 0 Å². The summed E-state index contributed by atoms with van der Waals surface area (Å²) in [5.74, 6) is -2.87. The highest BCUT2D eigenvalue weighted by atomic mass is 16.6. The molecule has 34 heavy (non-hydrogen) atoms. The first kappa shape index (κ1) is 29.1. The van der Waals surface area contributed by atoms with Gasteiger partial charge in [0.1, 0.15) is 11.6 Å². The molecule has 9 nitrogen and oxygen atoms in total. The summed E-state index contributed by atoms with van der Waals surface area (Å²) in [5.41, 5.74) is 4.94. The largest absolute Gasteiger partial charge is 0.480 e. The topological polar surface area (TPSA) is 142 Å². The molecule has 0 spiro atoms. The van der Waals surface area contributed by atoms with Crippen LogP contribution in [0.2, 0.25) is 0 Å². The van der Waals surface area contributed by atoms with Crippen molar-refractivity contribution >= 4 is 23.9 Å². The highest BCUT2D eigenvalue weighted by Crippen LogP contribution is 2.31. The Morgan fingerprint density at radius 3 is 2.03 bits per heavy atom. The number of ether oxygens (including phenoxy) is 3. The number of carbonyl (C=O) groups excluding carboxylic acids is 3. The lowest BCUT2D eigenvalue weighted by Crippen LogP contribution is -2.52. The summed E-state index contributed by atoms with van der Waals surface area (Å²) in [4.78, 5) is 48.2. The summed E-state index contributed by atoms with van der Waals surface area (Å²) < 4.78 is 16.1. The Morgan fingerprint density at radius 2 is 1.53 bits per heavy atom. The molecule has 1 aromatic carbocycles. The number of rotatable bonds is 14. The van der Waals surface area contributed by atoms with E-state index in [-0.39, 0.29) is 43.1 Å². The number of carbonyl (C=O) groups is 4. The molecule has 2 unspecified atom stereocenters. The van der Waals surface area contributed by atoms with Crippen molar-refractivity contribution in [3.05, 3.63) is 23.8 Å². The fraction of sp³-hybridized carbons (Fsp3) is 0.600. The third-order valence-corrected chi connectivity index (χ3v) is 5.29. The summed E-state index contributed by atoms with van der Waals surface area (Å²) >= 11 is 0. The van der Waals surface area contributed by atoms with E-state index < -0.39 is 35.5 Å². The van der Waals surface area contributed by atoms with Crippen LogP contribution in [0.25, 0.3) is 0 Å². The highest BCUT2D eigenvalue weighted by Gasteiger charge is 2.37. The van der Waals surface area contributed by atoms with Crippen LogP contribution in [0.4, 0.5) is 0 Å². The van der Waals surface area contributed by atoms with Gasteiger partial charge < -0.3 is 25.1 Å². The number of hydrogen-bond donors (Lipinski definition) is 2. The van der Waals surface area contributed by atoms with Gasteiger partial charge in [0.25, 0.3) is 0 Å². The van der Waals surface area contributed by atoms with Gasteiger partial charge in [-0.05, 0) is 43.9 Å². The second-order valence-electron chi connectivity index (χ2n) is 8.63. The molecule has 0 saturated heterocycles. The molecule has 0 radical (unpaired) electrons. The molecular weight excluding hydrogens is 442 g/mol. The Balaban J connectivity index is 3.15. The monoisotopic (exact) mass is 479 g/mol. The third-order valence-electron chi connectivity index (χ3n) is 5.29. The predicted molar refractivity (Wildman–Crippen MR) is 125 cm³/mol. The zero-order valence-electron chi connectivity index (χ0n) is 20.7. The molecule has 3 N–H and O–H groups in total. The molecule has 190 valence electrons. The van der Waals surface area contributed by atoms with Crippen LogP contribution >= 0.6 is 0 Å². The van der Waals surface area contributed by atoms with Gasteiger partial charge in [0.15, 0.2) is 11.5 Å². The summed E-state index contributed by atoms with van der Waals surface area (Å²) in [6.07, 6.45) is 1.16. The van der Waals surface area contributed by atoms with Crippen LogP contribution in [0.15, 0.2) is 18.2 Å². The molecular formula is C25H37NO8. The Kier molecular flexibility index (Phi) is 11.7. The average Bonchev–Trinajstić information content (AvgIpc) is 2.74. The number of nitrogens with two attached hydrogens (primary N) is 1. The van der Waals surface area contributed by atoms with E-state index in [9.17, 15) is 24.3 Å². The van der Waals surface area contributed by atoms with Crippen molar-refractivity contribution in [2.45, 2.75) is 91.2 Å². The van der Waals surface area contributed by atoms with E-state index in [4.69, 9.17) is 19.9 Å². The van der Waals surface area contributed by atoms with Crippen molar-refractivity contribution in [3.8, 4) is 11.5 Å². The molecule has 9 heteroatoms. The summed E-state index contributed by atoms with van der Waals surface area (Å²) in [5, 5.41) is 9.83. The van der Waals surface area contributed by atoms with Gasteiger partial charge >= 0.3 is 23.9 Å². The molecule has 1 aromatic rings. The Labute approximate surface area is 200 Å². The summed E-state index contributed by atoms with van der Waals surface area (Å²) in [6, 6.07) is 4.46. The fourth-order valence-electron chi connectivity index (χ4n) is 3.22. The van der Waals surface area contributed by atoms with E-state index in [1.54, 1.807) is 19.9 Å². The number of esters is 3. The van der Waals surface area contributed by atoms with Crippen LogP contribution in [0.5, 0.6) is 11.5 Å². The number of hydrogen-bond acceptors (Lipinski definition) is 8. The first-order chi connectivity index (χ1) is 15.9. The van der Waals surface area contributed by atoms with Gasteiger partial charge in [-0.2, -0.15) is 0 Å². The second-order valence-corrected chi connectivity index (χ2v) is 8.63. The number of carboxylic acids is 1. The Hall–Kier alpha value is -2.94. The molecule has 0 aliphatic rings. The predicted octanol–water partition coefficient (Wildman–Crippen LogP) is 3.79. The SMILES string of the molecule is CCCC(=O)Oc1ccc(CC(N)(C[C@H](C)OC(=O)C(C)CC)C(=O)O)cc1OC(=O)CCC. The minimum Gasteiger partial charge on any atom is -0.480 e. The molecule has 0 amide bonds. The van der Waals surface area contributed by atoms with E-state index in [0.29, 0.717) is 24.8 Å². The van der Waals surface area contributed by atoms with Crippen molar-refractivity contribution in [3.63, 3.8) is 0 Å². The third kappa shape index (κ3) is 9.13. The van der Waals surface area contributed by atoms with Gasteiger partial charge in [-0.15, -0.1) is 0 Å². The average molecular weight is 480 g/mol. The minimum absolute atomic E-state index is 0.0180. The zero-order chi connectivity index (χ0) is 25.9. The van der Waals surface area contributed by atoms with Crippen LogP contribution in [0, 0.1) is 5.92 Å². The van der Waals surface area contributed by atoms with Gasteiger partial charge in [0, 0.05) is 25.7 Å². The smallest absolute Gasteiger partial charge is 0.324 e. The molecule has 3 atom stereocenters. The maximum absolute atomic E-state index is 12.1. The Bertz CT molecular complexity index is 868. The lowest BCUT2D eigenvalue weighted by Gasteiger charge is -2.28. The highest BCUT2D eigenvalue weighted by molar-refractivity contribution is 5.80. The number of carboxylic acid groups (broad SMARTS) is 1. The maximum Gasteiger partial charge on any atom is 0.324 e. The van der Waals surface area contributed by atoms with Crippen LogP contribution in [0.3, 0.4) is 0 Å². The van der Waals surface area contributed by atoms with Crippen LogP contribution in [0.1, 0.15) is 78.7 Å². The molecule has 0 aliphatic carbocycles. The maximum atomic E-state index is 12.1. The van der Waals surface area contributed by atoms with Crippen molar-refractivity contribution in [1.29, 1.82) is 0 Å². The molecule has 1 rings (SSSR count). The minimum atomic E-state index is -1.75. The first-order valence-corrected chi connectivity index (χ1v) is 11.7. The molecule has 0 aromatic heterocycles. The van der Waals surface area contributed by atoms with Crippen molar-refractivity contribution in [1.82, 2.24) is 0 Å². The zero-order valence-corrected chi connectivity index (χ0v) is 20.7. The van der Waals surface area contributed by atoms with E-state index in [1.807, 2.05) is 20.8 Å². The van der Waals surface area contributed by atoms with E-state index in [0.717, 1.165) is 0 Å². The quantitative estimate of drug-likeness (QED) is 0.301. The van der Waals surface area contributed by atoms with Crippen molar-refractivity contribution in [2.75, 3.05) is 0 Å². The lowest BCUT2D eigenvalue weighted by molar-refractivity contribution is -0.156. The summed E-state index contributed by atoms with van der Waals surface area (Å²) in [6.45, 7) is 8.84. The van der Waals surface area contributed by atoms with Crippen LogP contribution in [-0.2, 0) is 30.3 Å². The van der Waals surface area contributed by atoms with Gasteiger partial charge in [-0.25, -0.2) is 0 Å². The van der Waals surface area contributed by atoms with Crippen LogP contribution < -0.4 is 15.2 Å².